The SMILES string of the molecule is O=C(NCCCc1ccccc1)c1nnn(-c2ccc(OC(F)(F)F)cc2)c1CSc1ncccn1. The summed E-state index contributed by atoms with van der Waals surface area (Å²) in [5.74, 6) is -0.503. The molecule has 0 bridgehead atoms. The summed E-state index contributed by atoms with van der Waals surface area (Å²) in [7, 11) is 0. The Labute approximate surface area is 208 Å². The number of hydrogen-bond acceptors (Lipinski definition) is 7. The number of hydrogen-bond donors (Lipinski definition) is 1. The number of carbonyl (C=O) groups excluding carboxylic acids is 1. The average molecular weight is 515 g/mol. The van der Waals surface area contributed by atoms with E-state index in [1.54, 1.807) is 18.5 Å². The summed E-state index contributed by atoms with van der Waals surface area (Å²) in [4.78, 5) is 21.3. The van der Waals surface area contributed by atoms with E-state index >= 15 is 0 Å². The zero-order chi connectivity index (χ0) is 25.4. The van der Waals surface area contributed by atoms with Gasteiger partial charge in [-0.1, -0.05) is 47.3 Å². The zero-order valence-corrected chi connectivity index (χ0v) is 19.7. The van der Waals surface area contributed by atoms with Crippen LogP contribution in [0.5, 0.6) is 5.75 Å². The second-order valence-electron chi connectivity index (χ2n) is 7.50. The molecule has 2 aromatic heterocycles. The summed E-state index contributed by atoms with van der Waals surface area (Å²) in [5.41, 5.74) is 2.17. The second-order valence-corrected chi connectivity index (χ2v) is 8.45. The third-order valence-corrected chi connectivity index (χ3v) is 5.83. The Kier molecular flexibility index (Phi) is 8.16. The maximum atomic E-state index is 12.9. The van der Waals surface area contributed by atoms with Crippen molar-refractivity contribution in [2.45, 2.75) is 30.1 Å². The molecule has 0 saturated heterocycles. The number of amides is 1. The molecule has 0 radical (unpaired) electrons. The number of nitrogens with one attached hydrogen (secondary N) is 1. The number of nitrogens with zero attached hydrogens (tertiary/aromatic N) is 5. The lowest BCUT2D eigenvalue weighted by Crippen LogP contribution is -2.26. The van der Waals surface area contributed by atoms with Crippen LogP contribution >= 0.6 is 11.8 Å². The van der Waals surface area contributed by atoms with Crippen LogP contribution in [0.3, 0.4) is 0 Å². The molecule has 0 saturated carbocycles. The van der Waals surface area contributed by atoms with Crippen molar-refractivity contribution in [1.82, 2.24) is 30.3 Å². The van der Waals surface area contributed by atoms with E-state index in [2.05, 4.69) is 30.3 Å². The Balaban J connectivity index is 1.50. The van der Waals surface area contributed by atoms with Gasteiger partial charge in [0.15, 0.2) is 10.9 Å². The predicted octanol–water partition coefficient (Wildman–Crippen LogP) is 4.61. The van der Waals surface area contributed by atoms with Gasteiger partial charge in [0.25, 0.3) is 5.91 Å². The van der Waals surface area contributed by atoms with Crippen molar-refractivity contribution in [3.63, 3.8) is 0 Å². The van der Waals surface area contributed by atoms with Crippen LogP contribution in [0.4, 0.5) is 13.2 Å². The first-order chi connectivity index (χ1) is 17.4. The monoisotopic (exact) mass is 514 g/mol. The molecule has 0 aliphatic heterocycles. The average Bonchev–Trinajstić information content (AvgIpc) is 3.30. The number of benzene rings is 2. The van der Waals surface area contributed by atoms with Gasteiger partial charge in [0.1, 0.15) is 5.75 Å². The number of halogens is 3. The number of carbonyl (C=O) groups is 1. The lowest BCUT2D eigenvalue weighted by atomic mass is 10.1. The van der Waals surface area contributed by atoms with Gasteiger partial charge in [0.2, 0.25) is 0 Å². The van der Waals surface area contributed by atoms with E-state index in [4.69, 9.17) is 0 Å². The Hall–Kier alpha value is -3.93. The summed E-state index contributed by atoms with van der Waals surface area (Å²) >= 11 is 1.28. The Morgan fingerprint density at radius 1 is 1.00 bits per heavy atom. The lowest BCUT2D eigenvalue weighted by Gasteiger charge is -2.11. The summed E-state index contributed by atoms with van der Waals surface area (Å²) < 4.78 is 42.8. The molecule has 0 fully saturated rings. The summed E-state index contributed by atoms with van der Waals surface area (Å²) in [6.07, 6.45) is -0.0338. The van der Waals surface area contributed by atoms with Crippen LogP contribution in [0.25, 0.3) is 5.69 Å². The van der Waals surface area contributed by atoms with Crippen LogP contribution in [0.1, 0.15) is 28.2 Å². The topological polar surface area (TPSA) is 94.8 Å². The number of thioether (sulfide) groups is 1. The van der Waals surface area contributed by atoms with E-state index in [9.17, 15) is 18.0 Å². The van der Waals surface area contributed by atoms with E-state index in [0.29, 0.717) is 23.1 Å². The normalized spacial score (nSPS) is 11.3. The van der Waals surface area contributed by atoms with Gasteiger partial charge >= 0.3 is 6.36 Å². The highest BCUT2D eigenvalue weighted by Gasteiger charge is 2.31. The molecule has 0 atom stereocenters. The third-order valence-electron chi connectivity index (χ3n) is 4.94. The molecule has 0 spiro atoms. The van der Waals surface area contributed by atoms with Gasteiger partial charge in [-0.25, -0.2) is 14.6 Å². The van der Waals surface area contributed by atoms with Crippen molar-refractivity contribution in [2.75, 3.05) is 6.54 Å². The van der Waals surface area contributed by atoms with Crippen molar-refractivity contribution in [1.29, 1.82) is 0 Å². The van der Waals surface area contributed by atoms with E-state index in [1.165, 1.54) is 46.3 Å². The fourth-order valence-corrected chi connectivity index (χ4v) is 4.12. The fourth-order valence-electron chi connectivity index (χ4n) is 3.32. The smallest absolute Gasteiger partial charge is 0.406 e. The van der Waals surface area contributed by atoms with Gasteiger partial charge in [0.05, 0.1) is 11.4 Å². The van der Waals surface area contributed by atoms with Gasteiger partial charge in [-0.05, 0) is 48.7 Å². The molecule has 2 aromatic carbocycles. The summed E-state index contributed by atoms with van der Waals surface area (Å²) in [5, 5.41) is 11.5. The number of ether oxygens (including phenoxy) is 1. The second kappa shape index (κ2) is 11.7. The molecule has 12 heteroatoms. The van der Waals surface area contributed by atoms with Gasteiger partial charge in [-0.15, -0.1) is 18.3 Å². The molecule has 0 unspecified atom stereocenters. The largest absolute Gasteiger partial charge is 0.573 e. The van der Waals surface area contributed by atoms with E-state index in [1.807, 2.05) is 30.3 Å². The molecule has 1 amide bonds. The molecular formula is C24H21F3N6O2S. The minimum atomic E-state index is -4.79. The van der Waals surface area contributed by atoms with Crippen molar-refractivity contribution in [3.05, 3.63) is 90.0 Å². The van der Waals surface area contributed by atoms with E-state index in [0.717, 1.165) is 12.8 Å². The van der Waals surface area contributed by atoms with Crippen LogP contribution in [0, 0.1) is 0 Å². The first-order valence-corrected chi connectivity index (χ1v) is 11.9. The summed E-state index contributed by atoms with van der Waals surface area (Å²) in [6, 6.07) is 16.8. The molecule has 4 rings (SSSR count). The number of rotatable bonds is 10. The van der Waals surface area contributed by atoms with E-state index < -0.39 is 12.3 Å². The Morgan fingerprint density at radius 3 is 2.42 bits per heavy atom. The van der Waals surface area contributed by atoms with Crippen molar-refractivity contribution >= 4 is 17.7 Å². The highest BCUT2D eigenvalue weighted by molar-refractivity contribution is 7.98. The van der Waals surface area contributed by atoms with Crippen LogP contribution in [0.15, 0.2) is 78.2 Å². The van der Waals surface area contributed by atoms with E-state index in [-0.39, 0.29) is 17.2 Å². The number of aromatic nitrogens is 5. The molecule has 0 aliphatic rings. The van der Waals surface area contributed by atoms with Crippen LogP contribution in [0.2, 0.25) is 0 Å². The quantitative estimate of drug-likeness (QED) is 0.188. The minimum Gasteiger partial charge on any atom is -0.406 e. The predicted molar refractivity (Wildman–Crippen MR) is 127 cm³/mol. The number of alkyl halides is 3. The van der Waals surface area contributed by atoms with Gasteiger partial charge in [-0.2, -0.15) is 0 Å². The minimum absolute atomic E-state index is 0.119. The van der Waals surface area contributed by atoms with Crippen LogP contribution in [-0.2, 0) is 12.2 Å². The van der Waals surface area contributed by atoms with Crippen LogP contribution in [-0.4, -0.2) is 43.8 Å². The molecule has 1 N–H and O–H groups in total. The van der Waals surface area contributed by atoms with Crippen molar-refractivity contribution in [2.24, 2.45) is 0 Å². The first kappa shape index (κ1) is 25.2. The van der Waals surface area contributed by atoms with Crippen molar-refractivity contribution in [3.8, 4) is 11.4 Å². The molecule has 36 heavy (non-hydrogen) atoms. The maximum Gasteiger partial charge on any atom is 0.573 e. The van der Waals surface area contributed by atoms with Gasteiger partial charge in [-0.3, -0.25) is 4.79 Å². The maximum absolute atomic E-state index is 12.9. The van der Waals surface area contributed by atoms with Crippen molar-refractivity contribution < 1.29 is 22.7 Å². The summed E-state index contributed by atoms with van der Waals surface area (Å²) in [6.45, 7) is 0.443. The molecular weight excluding hydrogens is 493 g/mol. The highest BCUT2D eigenvalue weighted by atomic mass is 32.2. The lowest BCUT2D eigenvalue weighted by molar-refractivity contribution is -0.274. The molecule has 0 aliphatic carbocycles. The fraction of sp³-hybridized carbons (Fsp3) is 0.208. The zero-order valence-electron chi connectivity index (χ0n) is 18.9. The molecule has 4 aromatic rings. The Morgan fingerprint density at radius 2 is 1.72 bits per heavy atom. The highest BCUT2D eigenvalue weighted by Crippen LogP contribution is 2.26. The van der Waals surface area contributed by atoms with Crippen LogP contribution < -0.4 is 10.1 Å². The van der Waals surface area contributed by atoms with Gasteiger partial charge < -0.3 is 10.1 Å². The molecule has 8 nitrogen and oxygen atoms in total. The Bertz CT molecular complexity index is 1270. The standard InChI is InChI=1S/C24H21F3N6O2S/c25-24(26,27)35-19-11-9-18(10-12-19)33-20(16-36-23-29-14-5-15-30-23)21(31-32-33)22(34)28-13-4-8-17-6-2-1-3-7-17/h1-3,5-7,9-12,14-15H,4,8,13,16H2,(H,28,34). The third kappa shape index (κ3) is 7.04. The molecule has 186 valence electrons. The first-order valence-electron chi connectivity index (χ1n) is 10.9. The number of aryl methyl sites for hydroxylation is 1. The molecule has 2 heterocycles. The van der Waals surface area contributed by atoms with Gasteiger partial charge in [0, 0.05) is 24.7 Å².